The van der Waals surface area contributed by atoms with E-state index in [4.69, 9.17) is 18.9 Å². The minimum atomic E-state index is -0.476. The van der Waals surface area contributed by atoms with Crippen LogP contribution in [0.3, 0.4) is 0 Å². The van der Waals surface area contributed by atoms with E-state index < -0.39 is 6.04 Å². The van der Waals surface area contributed by atoms with Gasteiger partial charge in [-0.05, 0) is 6.92 Å². The van der Waals surface area contributed by atoms with Crippen LogP contribution in [0.25, 0.3) is 0 Å². The van der Waals surface area contributed by atoms with Gasteiger partial charge in [0.1, 0.15) is 29.0 Å². The van der Waals surface area contributed by atoms with Crippen molar-refractivity contribution in [3.8, 4) is 17.2 Å². The molecule has 1 rings (SSSR count). The summed E-state index contributed by atoms with van der Waals surface area (Å²) < 4.78 is 20.7. The maximum atomic E-state index is 11.7. The zero-order valence-corrected chi connectivity index (χ0v) is 12.7. The number of hydrogen-bond donors (Lipinski definition) is 0. The van der Waals surface area contributed by atoms with Crippen LogP contribution in [0.1, 0.15) is 6.92 Å². The van der Waals surface area contributed by atoms with E-state index in [0.29, 0.717) is 22.9 Å². The summed E-state index contributed by atoms with van der Waals surface area (Å²) in [6.45, 7) is 1.74. The van der Waals surface area contributed by atoms with Crippen molar-refractivity contribution in [3.63, 3.8) is 0 Å². The highest BCUT2D eigenvalue weighted by Crippen LogP contribution is 2.41. The summed E-state index contributed by atoms with van der Waals surface area (Å²) in [5.74, 6) is 1.38. The average Bonchev–Trinajstić information content (AvgIpc) is 2.50. The van der Waals surface area contributed by atoms with E-state index in [1.54, 1.807) is 52.3 Å². The molecule has 1 atom stereocenters. The number of likely N-dealkylation sites (N-methyl/N-ethyl adjacent to an activating group) is 1. The number of esters is 1. The Labute approximate surface area is 119 Å². The van der Waals surface area contributed by atoms with Crippen molar-refractivity contribution in [2.24, 2.45) is 0 Å². The summed E-state index contributed by atoms with van der Waals surface area (Å²) in [5.41, 5.74) is 0.661. The number of carbonyl (C=O) groups excluding carboxylic acids is 1. The molecule has 0 radical (unpaired) electrons. The van der Waals surface area contributed by atoms with Crippen molar-refractivity contribution in [2.75, 3.05) is 40.4 Å². The van der Waals surface area contributed by atoms with Gasteiger partial charge in [0, 0.05) is 19.2 Å². The lowest BCUT2D eigenvalue weighted by molar-refractivity contribution is -0.141. The van der Waals surface area contributed by atoms with Crippen molar-refractivity contribution in [3.05, 3.63) is 12.1 Å². The molecule has 20 heavy (non-hydrogen) atoms. The fourth-order valence-corrected chi connectivity index (χ4v) is 1.86. The molecule has 0 spiro atoms. The molecule has 0 bridgehead atoms. The molecule has 0 N–H and O–H groups in total. The highest BCUT2D eigenvalue weighted by molar-refractivity contribution is 5.82. The highest BCUT2D eigenvalue weighted by Gasteiger charge is 2.25. The quantitative estimate of drug-likeness (QED) is 0.741. The predicted molar refractivity (Wildman–Crippen MR) is 76.0 cm³/mol. The smallest absolute Gasteiger partial charge is 0.328 e. The van der Waals surface area contributed by atoms with Crippen molar-refractivity contribution in [1.82, 2.24) is 0 Å². The second-order valence-corrected chi connectivity index (χ2v) is 4.19. The SMILES string of the molecule is COC(=O)[C@H](C)N(C)c1c(OC)cc(OC)cc1OC. The standard InChI is InChI=1S/C14H21NO5/c1-9(14(16)20-6)15(2)13-11(18-4)7-10(17-3)8-12(13)19-5/h7-9H,1-6H3/t9-/m0/s1. The number of carbonyl (C=O) groups is 1. The monoisotopic (exact) mass is 283 g/mol. The molecule has 6 heteroatoms. The third-order valence-electron chi connectivity index (χ3n) is 3.16. The Morgan fingerprint density at radius 3 is 1.90 bits per heavy atom. The molecule has 112 valence electrons. The first-order valence-corrected chi connectivity index (χ1v) is 6.10. The molecule has 6 nitrogen and oxygen atoms in total. The lowest BCUT2D eigenvalue weighted by Gasteiger charge is -2.28. The van der Waals surface area contributed by atoms with Crippen LogP contribution in [-0.2, 0) is 9.53 Å². The summed E-state index contributed by atoms with van der Waals surface area (Å²) in [6.07, 6.45) is 0. The maximum absolute atomic E-state index is 11.7. The summed E-state index contributed by atoms with van der Waals surface area (Å²) >= 11 is 0. The Morgan fingerprint density at radius 2 is 1.55 bits per heavy atom. The van der Waals surface area contributed by atoms with Gasteiger partial charge in [-0.15, -0.1) is 0 Å². The average molecular weight is 283 g/mol. The third kappa shape index (κ3) is 3.07. The maximum Gasteiger partial charge on any atom is 0.328 e. The van der Waals surface area contributed by atoms with Gasteiger partial charge in [0.15, 0.2) is 0 Å². The zero-order valence-electron chi connectivity index (χ0n) is 12.7. The highest BCUT2D eigenvalue weighted by atomic mass is 16.5. The Morgan fingerprint density at radius 1 is 1.05 bits per heavy atom. The van der Waals surface area contributed by atoms with Crippen LogP contribution in [0.5, 0.6) is 17.2 Å². The van der Waals surface area contributed by atoms with Crippen LogP contribution in [0.4, 0.5) is 5.69 Å². The zero-order chi connectivity index (χ0) is 15.3. The summed E-state index contributed by atoms with van der Waals surface area (Å²) in [4.78, 5) is 13.4. The first kappa shape index (κ1) is 15.9. The van der Waals surface area contributed by atoms with Crippen molar-refractivity contribution in [1.29, 1.82) is 0 Å². The van der Waals surface area contributed by atoms with Crippen LogP contribution < -0.4 is 19.1 Å². The Kier molecular flexibility index (Phi) is 5.49. The van der Waals surface area contributed by atoms with Crippen molar-refractivity contribution < 1.29 is 23.7 Å². The fourth-order valence-electron chi connectivity index (χ4n) is 1.86. The van der Waals surface area contributed by atoms with E-state index in [1.165, 1.54) is 7.11 Å². The largest absolute Gasteiger partial charge is 0.496 e. The Balaban J connectivity index is 3.30. The van der Waals surface area contributed by atoms with Gasteiger partial charge in [0.05, 0.1) is 28.4 Å². The van der Waals surface area contributed by atoms with Crippen molar-refractivity contribution in [2.45, 2.75) is 13.0 Å². The van der Waals surface area contributed by atoms with Crippen LogP contribution in [0, 0.1) is 0 Å². The van der Waals surface area contributed by atoms with Gasteiger partial charge in [0.25, 0.3) is 0 Å². The third-order valence-corrected chi connectivity index (χ3v) is 3.16. The van der Waals surface area contributed by atoms with E-state index in [0.717, 1.165) is 0 Å². The fraction of sp³-hybridized carbons (Fsp3) is 0.500. The minimum Gasteiger partial charge on any atom is -0.496 e. The van der Waals surface area contributed by atoms with Gasteiger partial charge in [-0.2, -0.15) is 0 Å². The number of benzene rings is 1. The Bertz CT molecular complexity index is 450. The molecule has 0 aliphatic rings. The molecule has 0 saturated heterocycles. The van der Waals surface area contributed by atoms with Gasteiger partial charge < -0.3 is 23.8 Å². The minimum absolute atomic E-state index is 0.340. The lowest BCUT2D eigenvalue weighted by atomic mass is 10.2. The molecule has 0 fully saturated rings. The molecule has 1 aromatic rings. The predicted octanol–water partition coefficient (Wildman–Crippen LogP) is 1.71. The topological polar surface area (TPSA) is 57.2 Å². The first-order valence-electron chi connectivity index (χ1n) is 6.10. The molecular formula is C14H21NO5. The number of nitrogens with zero attached hydrogens (tertiary/aromatic N) is 1. The molecule has 0 amide bonds. The van der Waals surface area contributed by atoms with Gasteiger partial charge in [-0.1, -0.05) is 0 Å². The molecular weight excluding hydrogens is 262 g/mol. The molecule has 1 aromatic carbocycles. The molecule has 0 aliphatic heterocycles. The van der Waals surface area contributed by atoms with Crippen LogP contribution >= 0.6 is 0 Å². The number of hydrogen-bond acceptors (Lipinski definition) is 6. The molecule has 0 heterocycles. The number of methoxy groups -OCH3 is 4. The Hall–Kier alpha value is -2.11. The first-order chi connectivity index (χ1) is 9.49. The van der Waals surface area contributed by atoms with E-state index in [1.807, 2.05) is 0 Å². The van der Waals surface area contributed by atoms with E-state index in [9.17, 15) is 4.79 Å². The van der Waals surface area contributed by atoms with E-state index in [2.05, 4.69) is 0 Å². The van der Waals surface area contributed by atoms with Gasteiger partial charge >= 0.3 is 5.97 Å². The number of anilines is 1. The van der Waals surface area contributed by atoms with Gasteiger partial charge in [-0.25, -0.2) is 4.79 Å². The second-order valence-electron chi connectivity index (χ2n) is 4.19. The van der Waals surface area contributed by atoms with Crippen LogP contribution in [-0.4, -0.2) is 47.5 Å². The summed E-state index contributed by atoms with van der Waals surface area (Å²) in [5, 5.41) is 0. The van der Waals surface area contributed by atoms with Gasteiger partial charge in [-0.3, -0.25) is 0 Å². The molecule has 0 unspecified atom stereocenters. The number of rotatable bonds is 6. The van der Waals surface area contributed by atoms with E-state index >= 15 is 0 Å². The molecule has 0 saturated carbocycles. The number of ether oxygens (including phenoxy) is 4. The summed E-state index contributed by atoms with van der Waals surface area (Å²) in [6, 6.07) is 2.99. The molecule has 0 aromatic heterocycles. The normalized spacial score (nSPS) is 11.5. The molecule has 0 aliphatic carbocycles. The second kappa shape index (κ2) is 6.88. The van der Waals surface area contributed by atoms with Crippen LogP contribution in [0.15, 0.2) is 12.1 Å². The van der Waals surface area contributed by atoms with Crippen LogP contribution in [0.2, 0.25) is 0 Å². The lowest BCUT2D eigenvalue weighted by Crippen LogP contribution is -2.37. The van der Waals surface area contributed by atoms with Crippen molar-refractivity contribution >= 4 is 11.7 Å². The van der Waals surface area contributed by atoms with E-state index in [-0.39, 0.29) is 5.97 Å². The van der Waals surface area contributed by atoms with Gasteiger partial charge in [0.2, 0.25) is 0 Å². The summed E-state index contributed by atoms with van der Waals surface area (Å²) in [7, 11) is 7.79.